The highest BCUT2D eigenvalue weighted by molar-refractivity contribution is 7.89. The zero-order chi connectivity index (χ0) is 20.1. The van der Waals surface area contributed by atoms with Gasteiger partial charge in [0.05, 0.1) is 11.4 Å². The van der Waals surface area contributed by atoms with Crippen molar-refractivity contribution < 1.29 is 31.1 Å². The maximum atomic E-state index is 12.1. The summed E-state index contributed by atoms with van der Waals surface area (Å²) < 4.78 is 66.4. The van der Waals surface area contributed by atoms with Gasteiger partial charge in [0.2, 0.25) is 15.9 Å². The number of rotatable bonds is 7. The van der Waals surface area contributed by atoms with Crippen molar-refractivity contribution in [1.29, 1.82) is 0 Å². The van der Waals surface area contributed by atoms with Crippen LogP contribution in [0.3, 0.4) is 0 Å². The van der Waals surface area contributed by atoms with Crippen LogP contribution in [0.4, 0.5) is 18.9 Å². The van der Waals surface area contributed by atoms with Crippen LogP contribution in [0.15, 0.2) is 53.4 Å². The molecule has 10 heteroatoms. The Balaban J connectivity index is 1.96. The number of benzene rings is 2. The number of hydrogen-bond acceptors (Lipinski definition) is 4. The molecule has 27 heavy (non-hydrogen) atoms. The van der Waals surface area contributed by atoms with Crippen LogP contribution < -0.4 is 14.8 Å². The Bertz CT molecular complexity index is 897. The molecule has 0 fully saturated rings. The van der Waals surface area contributed by atoms with Crippen molar-refractivity contribution in [3.8, 4) is 5.75 Å². The molecule has 0 saturated heterocycles. The van der Waals surface area contributed by atoms with Crippen LogP contribution in [-0.4, -0.2) is 27.2 Å². The molecule has 2 aromatic rings. The van der Waals surface area contributed by atoms with E-state index in [1.165, 1.54) is 0 Å². The van der Waals surface area contributed by atoms with Crippen molar-refractivity contribution in [3.05, 3.63) is 54.1 Å². The Kier molecular flexibility index (Phi) is 6.45. The fourth-order valence-electron chi connectivity index (χ4n) is 2.14. The minimum Gasteiger partial charge on any atom is -0.406 e. The van der Waals surface area contributed by atoms with Gasteiger partial charge in [-0.2, -0.15) is 0 Å². The van der Waals surface area contributed by atoms with Gasteiger partial charge < -0.3 is 10.1 Å². The van der Waals surface area contributed by atoms with Gasteiger partial charge in [-0.15, -0.1) is 13.2 Å². The number of aryl methyl sites for hydroxylation is 1. The zero-order valence-electron chi connectivity index (χ0n) is 14.2. The first-order chi connectivity index (χ1) is 12.6. The standard InChI is InChI=1S/C17H17F3N2O4S/c1-2-12-4-3-5-13(10-12)22-16(23)11-21-27(24,25)15-8-6-14(7-9-15)26-17(18,19)20/h3-10,21H,2,11H2,1H3,(H,22,23). The number of ether oxygens (including phenoxy) is 1. The Morgan fingerprint density at radius 3 is 2.37 bits per heavy atom. The molecule has 0 aliphatic rings. The first kappa shape index (κ1) is 20.7. The molecule has 0 heterocycles. The van der Waals surface area contributed by atoms with Gasteiger partial charge in [-0.25, -0.2) is 13.1 Å². The molecule has 1 amide bonds. The maximum absolute atomic E-state index is 12.1. The fourth-order valence-corrected chi connectivity index (χ4v) is 3.12. The topological polar surface area (TPSA) is 84.5 Å². The second-order valence-electron chi connectivity index (χ2n) is 5.45. The van der Waals surface area contributed by atoms with Crippen LogP contribution >= 0.6 is 0 Å². The summed E-state index contributed by atoms with van der Waals surface area (Å²) in [5.41, 5.74) is 1.54. The highest BCUT2D eigenvalue weighted by Crippen LogP contribution is 2.23. The van der Waals surface area contributed by atoms with E-state index < -0.39 is 34.6 Å². The molecule has 0 aliphatic heterocycles. The Hall–Kier alpha value is -2.59. The summed E-state index contributed by atoms with van der Waals surface area (Å²) in [5.74, 6) is -1.13. The van der Waals surface area contributed by atoms with Crippen LogP contribution in [0.1, 0.15) is 12.5 Å². The van der Waals surface area contributed by atoms with Crippen molar-refractivity contribution in [2.24, 2.45) is 0 Å². The van der Waals surface area contributed by atoms with Crippen molar-refractivity contribution in [2.75, 3.05) is 11.9 Å². The largest absolute Gasteiger partial charge is 0.573 e. The van der Waals surface area contributed by atoms with Gasteiger partial charge in [-0.05, 0) is 48.4 Å². The number of nitrogens with one attached hydrogen (secondary N) is 2. The van der Waals surface area contributed by atoms with Gasteiger partial charge in [0.1, 0.15) is 5.75 Å². The lowest BCUT2D eigenvalue weighted by Gasteiger charge is -2.10. The molecule has 0 unspecified atom stereocenters. The molecule has 0 aromatic heterocycles. The normalized spacial score (nSPS) is 11.9. The Morgan fingerprint density at radius 1 is 1.11 bits per heavy atom. The van der Waals surface area contributed by atoms with Gasteiger partial charge in [0.15, 0.2) is 0 Å². The van der Waals surface area contributed by atoms with Crippen LogP contribution in [-0.2, 0) is 21.2 Å². The number of anilines is 1. The minimum absolute atomic E-state index is 0.294. The number of alkyl halides is 3. The van der Waals surface area contributed by atoms with Gasteiger partial charge in [-0.3, -0.25) is 4.79 Å². The zero-order valence-corrected chi connectivity index (χ0v) is 15.0. The molecule has 0 spiro atoms. The van der Waals surface area contributed by atoms with Gasteiger partial charge in [0, 0.05) is 5.69 Å². The summed E-state index contributed by atoms with van der Waals surface area (Å²) in [6.45, 7) is 1.43. The van der Waals surface area contributed by atoms with Crippen LogP contribution in [0.5, 0.6) is 5.75 Å². The van der Waals surface area contributed by atoms with Crippen molar-refractivity contribution in [3.63, 3.8) is 0 Å². The van der Waals surface area contributed by atoms with Gasteiger partial charge >= 0.3 is 6.36 Å². The third-order valence-corrected chi connectivity index (χ3v) is 4.83. The predicted octanol–water partition coefficient (Wildman–Crippen LogP) is 3.06. The highest BCUT2D eigenvalue weighted by atomic mass is 32.2. The summed E-state index contributed by atoms with van der Waals surface area (Å²) in [4.78, 5) is 11.6. The Labute approximate surface area is 154 Å². The number of halogens is 3. The van der Waals surface area contributed by atoms with Crippen molar-refractivity contribution >= 4 is 21.6 Å². The molecule has 0 radical (unpaired) electrons. The molecular weight excluding hydrogens is 385 g/mol. The van der Waals surface area contributed by atoms with E-state index in [2.05, 4.69) is 14.8 Å². The summed E-state index contributed by atoms with van der Waals surface area (Å²) in [6.07, 6.45) is -4.09. The van der Waals surface area contributed by atoms with Crippen LogP contribution in [0.2, 0.25) is 0 Å². The minimum atomic E-state index is -4.87. The van der Waals surface area contributed by atoms with E-state index in [9.17, 15) is 26.4 Å². The first-order valence-electron chi connectivity index (χ1n) is 7.83. The molecule has 0 atom stereocenters. The molecule has 0 saturated carbocycles. The van der Waals surface area contributed by atoms with Crippen LogP contribution in [0.25, 0.3) is 0 Å². The lowest BCUT2D eigenvalue weighted by molar-refractivity contribution is -0.274. The third-order valence-electron chi connectivity index (χ3n) is 3.41. The van der Waals surface area contributed by atoms with Gasteiger partial charge in [-0.1, -0.05) is 19.1 Å². The van der Waals surface area contributed by atoms with E-state index in [0.717, 1.165) is 36.2 Å². The molecule has 0 bridgehead atoms. The molecule has 2 aromatic carbocycles. The van der Waals surface area contributed by atoms with E-state index in [1.807, 2.05) is 13.0 Å². The molecule has 0 aliphatic carbocycles. The quantitative estimate of drug-likeness (QED) is 0.746. The third kappa shape index (κ3) is 6.57. The van der Waals surface area contributed by atoms with E-state index in [1.54, 1.807) is 18.2 Å². The SMILES string of the molecule is CCc1cccc(NC(=O)CNS(=O)(=O)c2ccc(OC(F)(F)F)cc2)c1. The van der Waals surface area contributed by atoms with E-state index in [-0.39, 0.29) is 4.90 Å². The van der Waals surface area contributed by atoms with Crippen molar-refractivity contribution in [1.82, 2.24) is 4.72 Å². The number of sulfonamides is 1. The number of carbonyl (C=O) groups excluding carboxylic acids is 1. The Morgan fingerprint density at radius 2 is 1.78 bits per heavy atom. The van der Waals surface area contributed by atoms with E-state index >= 15 is 0 Å². The lowest BCUT2D eigenvalue weighted by atomic mass is 10.1. The fraction of sp³-hybridized carbons (Fsp3) is 0.235. The number of carbonyl (C=O) groups is 1. The smallest absolute Gasteiger partial charge is 0.406 e. The van der Waals surface area contributed by atoms with Crippen molar-refractivity contribution in [2.45, 2.75) is 24.6 Å². The second-order valence-corrected chi connectivity index (χ2v) is 7.21. The average Bonchev–Trinajstić information content (AvgIpc) is 2.59. The average molecular weight is 402 g/mol. The first-order valence-corrected chi connectivity index (χ1v) is 9.31. The molecular formula is C17H17F3N2O4S. The molecule has 146 valence electrons. The summed E-state index contributed by atoms with van der Waals surface area (Å²) in [7, 11) is -4.07. The number of hydrogen-bond donors (Lipinski definition) is 2. The maximum Gasteiger partial charge on any atom is 0.573 e. The second kappa shape index (κ2) is 8.40. The molecule has 2 rings (SSSR count). The summed E-state index contributed by atoms with van der Waals surface area (Å²) >= 11 is 0. The summed E-state index contributed by atoms with van der Waals surface area (Å²) in [5, 5.41) is 2.56. The van der Waals surface area contributed by atoms with E-state index in [0.29, 0.717) is 5.69 Å². The van der Waals surface area contributed by atoms with Gasteiger partial charge in [0.25, 0.3) is 0 Å². The highest BCUT2D eigenvalue weighted by Gasteiger charge is 2.31. The number of amides is 1. The summed E-state index contributed by atoms with van der Waals surface area (Å²) in [6, 6.07) is 10.7. The van der Waals surface area contributed by atoms with E-state index in [4.69, 9.17) is 0 Å². The molecule has 2 N–H and O–H groups in total. The van der Waals surface area contributed by atoms with Crippen LogP contribution in [0, 0.1) is 0 Å². The molecule has 6 nitrogen and oxygen atoms in total. The monoisotopic (exact) mass is 402 g/mol. The predicted molar refractivity (Wildman–Crippen MR) is 92.8 cm³/mol. The lowest BCUT2D eigenvalue weighted by Crippen LogP contribution is -2.32.